The quantitative estimate of drug-likeness (QED) is 0.760. The number of nitrogens with one attached hydrogen (secondary N) is 1. The molecule has 0 saturated carbocycles. The van der Waals surface area contributed by atoms with Crippen molar-refractivity contribution < 1.29 is 14.7 Å². The smallest absolute Gasteiger partial charge is 0.327 e. The minimum atomic E-state index is -0.894. The van der Waals surface area contributed by atoms with Gasteiger partial charge in [0.2, 0.25) is 5.91 Å². The Morgan fingerprint density at radius 1 is 1.35 bits per heavy atom. The normalized spacial score (nSPS) is 29.3. The molecule has 2 fully saturated rings. The minimum absolute atomic E-state index is 0.0394. The third-order valence-corrected chi connectivity index (χ3v) is 5.05. The largest absolute Gasteiger partial charge is 0.480 e. The highest BCUT2D eigenvalue weighted by molar-refractivity contribution is 7.99. The Morgan fingerprint density at radius 3 is 2.82 bits per heavy atom. The van der Waals surface area contributed by atoms with Crippen LogP contribution in [0.1, 0.15) is 6.42 Å². The maximum Gasteiger partial charge on any atom is 0.327 e. The summed E-state index contributed by atoms with van der Waals surface area (Å²) in [5, 5.41) is 12.3. The van der Waals surface area contributed by atoms with Crippen LogP contribution in [0.25, 0.3) is 0 Å². The molecule has 1 amide bonds. The molecule has 0 aromatic heterocycles. The summed E-state index contributed by atoms with van der Waals surface area (Å²) in [6.07, 6.45) is 0.414. The Morgan fingerprint density at radius 2 is 2.18 bits per heavy atom. The summed E-state index contributed by atoms with van der Waals surface area (Å²) in [5.74, 6) is 2.10. The van der Waals surface area contributed by atoms with Gasteiger partial charge in [-0.15, -0.1) is 11.8 Å². The Bertz CT molecular complexity index is 308. The number of carbonyl (C=O) groups excluding carboxylic acids is 1. The zero-order chi connectivity index (χ0) is 12.3. The number of carbonyl (C=O) groups is 2. The standard InChI is InChI=1S/C10H16N2O3S2/c13-9(3-7-4-16-2-1-11-7)12-6-17-5-8(12)10(14)15/h7-8,11H,1-6H2,(H,14,15). The highest BCUT2D eigenvalue weighted by Gasteiger charge is 2.35. The number of aliphatic carboxylic acids is 1. The van der Waals surface area contributed by atoms with Gasteiger partial charge in [0.15, 0.2) is 0 Å². The molecule has 0 aliphatic carbocycles. The summed E-state index contributed by atoms with van der Waals surface area (Å²) >= 11 is 3.35. The van der Waals surface area contributed by atoms with E-state index in [4.69, 9.17) is 5.11 Å². The molecule has 2 aliphatic rings. The van der Waals surface area contributed by atoms with Gasteiger partial charge in [-0.1, -0.05) is 0 Å². The molecule has 0 aromatic carbocycles. The van der Waals surface area contributed by atoms with E-state index < -0.39 is 12.0 Å². The zero-order valence-corrected chi connectivity index (χ0v) is 11.1. The van der Waals surface area contributed by atoms with Crippen molar-refractivity contribution >= 4 is 35.4 Å². The van der Waals surface area contributed by atoms with Crippen LogP contribution in [0.2, 0.25) is 0 Å². The van der Waals surface area contributed by atoms with Crippen LogP contribution in [-0.4, -0.2) is 63.6 Å². The predicted octanol–water partition coefficient (Wildman–Crippen LogP) is 0.0676. The molecule has 2 rings (SSSR count). The molecule has 2 aliphatic heterocycles. The molecule has 2 unspecified atom stereocenters. The van der Waals surface area contributed by atoms with E-state index >= 15 is 0 Å². The first kappa shape index (κ1) is 13.0. The summed E-state index contributed by atoms with van der Waals surface area (Å²) < 4.78 is 0. The number of nitrogens with zero attached hydrogens (tertiary/aromatic N) is 1. The lowest BCUT2D eigenvalue weighted by molar-refractivity contribution is -0.147. The molecule has 0 radical (unpaired) electrons. The molecule has 2 heterocycles. The first-order chi connectivity index (χ1) is 8.18. The Balaban J connectivity index is 1.88. The van der Waals surface area contributed by atoms with Crippen molar-refractivity contribution in [3.05, 3.63) is 0 Å². The van der Waals surface area contributed by atoms with E-state index in [0.29, 0.717) is 18.1 Å². The van der Waals surface area contributed by atoms with Gasteiger partial charge in [-0.2, -0.15) is 11.8 Å². The number of rotatable bonds is 3. The summed E-state index contributed by atoms with van der Waals surface area (Å²) in [6.45, 7) is 0.930. The van der Waals surface area contributed by atoms with E-state index in [2.05, 4.69) is 5.32 Å². The van der Waals surface area contributed by atoms with E-state index in [1.807, 2.05) is 11.8 Å². The zero-order valence-electron chi connectivity index (χ0n) is 9.42. The van der Waals surface area contributed by atoms with E-state index in [1.54, 1.807) is 0 Å². The van der Waals surface area contributed by atoms with Crippen LogP contribution >= 0.6 is 23.5 Å². The summed E-state index contributed by atoms with van der Waals surface area (Å²) in [5.41, 5.74) is 0. The summed E-state index contributed by atoms with van der Waals surface area (Å²) in [6, 6.07) is -0.440. The third kappa shape index (κ3) is 3.29. The Kier molecular flexibility index (Phi) is 4.58. The highest BCUT2D eigenvalue weighted by Crippen LogP contribution is 2.23. The second-order valence-corrected chi connectivity index (χ2v) is 6.30. The second-order valence-electron chi connectivity index (χ2n) is 4.15. The van der Waals surface area contributed by atoms with Crippen LogP contribution in [0, 0.1) is 0 Å². The van der Waals surface area contributed by atoms with Crippen molar-refractivity contribution in [3.63, 3.8) is 0 Å². The number of carboxylic acid groups (broad SMARTS) is 1. The number of amides is 1. The highest BCUT2D eigenvalue weighted by atomic mass is 32.2. The molecule has 0 spiro atoms. The molecule has 2 saturated heterocycles. The average Bonchev–Trinajstić information content (AvgIpc) is 2.79. The number of hydrogen-bond acceptors (Lipinski definition) is 5. The van der Waals surface area contributed by atoms with Crippen LogP contribution in [0.15, 0.2) is 0 Å². The van der Waals surface area contributed by atoms with Gasteiger partial charge < -0.3 is 15.3 Å². The van der Waals surface area contributed by atoms with Crippen LogP contribution < -0.4 is 5.32 Å². The Hall–Kier alpha value is -0.400. The number of hydrogen-bond donors (Lipinski definition) is 2. The molecule has 0 aromatic rings. The minimum Gasteiger partial charge on any atom is -0.480 e. The van der Waals surface area contributed by atoms with Gasteiger partial charge >= 0.3 is 5.97 Å². The van der Waals surface area contributed by atoms with E-state index in [9.17, 15) is 9.59 Å². The molecule has 5 nitrogen and oxygen atoms in total. The average molecular weight is 276 g/mol. The van der Waals surface area contributed by atoms with Gasteiger partial charge in [-0.25, -0.2) is 4.79 Å². The first-order valence-electron chi connectivity index (χ1n) is 5.59. The van der Waals surface area contributed by atoms with Crippen molar-refractivity contribution in [2.24, 2.45) is 0 Å². The monoisotopic (exact) mass is 276 g/mol. The van der Waals surface area contributed by atoms with Gasteiger partial charge in [0.05, 0.1) is 5.88 Å². The maximum atomic E-state index is 12.0. The molecule has 7 heteroatoms. The van der Waals surface area contributed by atoms with Crippen molar-refractivity contribution in [1.82, 2.24) is 10.2 Å². The summed E-state index contributed by atoms with van der Waals surface area (Å²) in [4.78, 5) is 24.5. The lowest BCUT2D eigenvalue weighted by Gasteiger charge is -2.26. The topological polar surface area (TPSA) is 69.6 Å². The molecular formula is C10H16N2O3S2. The summed E-state index contributed by atoms with van der Waals surface area (Å²) in [7, 11) is 0. The van der Waals surface area contributed by atoms with Gasteiger partial charge in [0.1, 0.15) is 6.04 Å². The van der Waals surface area contributed by atoms with E-state index in [0.717, 1.165) is 18.1 Å². The molecule has 2 N–H and O–H groups in total. The fourth-order valence-corrected chi connectivity index (χ4v) is 4.09. The molecule has 96 valence electrons. The van der Waals surface area contributed by atoms with Crippen LogP contribution in [-0.2, 0) is 9.59 Å². The number of carboxylic acids is 1. The van der Waals surface area contributed by atoms with Gasteiger partial charge in [0.25, 0.3) is 0 Å². The van der Waals surface area contributed by atoms with Crippen molar-refractivity contribution in [3.8, 4) is 0 Å². The first-order valence-corrected chi connectivity index (χ1v) is 7.90. The van der Waals surface area contributed by atoms with Gasteiger partial charge in [-0.05, 0) is 0 Å². The predicted molar refractivity (Wildman–Crippen MR) is 69.3 cm³/mol. The maximum absolute atomic E-state index is 12.0. The SMILES string of the molecule is O=C(O)C1CSCN1C(=O)CC1CSCCN1. The van der Waals surface area contributed by atoms with E-state index in [-0.39, 0.29) is 11.9 Å². The fraction of sp³-hybridized carbons (Fsp3) is 0.800. The molecule has 0 bridgehead atoms. The van der Waals surface area contributed by atoms with Crippen LogP contribution in [0.5, 0.6) is 0 Å². The van der Waals surface area contributed by atoms with Crippen molar-refractivity contribution in [2.45, 2.75) is 18.5 Å². The molecular weight excluding hydrogens is 260 g/mol. The molecule has 17 heavy (non-hydrogen) atoms. The van der Waals surface area contributed by atoms with Crippen molar-refractivity contribution in [1.29, 1.82) is 0 Å². The van der Waals surface area contributed by atoms with Gasteiger partial charge in [0, 0.05) is 36.3 Å². The number of thioether (sulfide) groups is 2. The lowest BCUT2D eigenvalue weighted by atomic mass is 10.2. The van der Waals surface area contributed by atoms with Gasteiger partial charge in [-0.3, -0.25) is 4.79 Å². The lowest BCUT2D eigenvalue weighted by Crippen LogP contribution is -2.46. The second kappa shape index (κ2) is 5.97. The van der Waals surface area contributed by atoms with Crippen molar-refractivity contribution in [2.75, 3.05) is 29.7 Å². The van der Waals surface area contributed by atoms with E-state index in [1.165, 1.54) is 16.7 Å². The Labute approximate surface area is 109 Å². The van der Waals surface area contributed by atoms with Crippen LogP contribution in [0.4, 0.5) is 0 Å². The fourth-order valence-electron chi connectivity index (χ4n) is 1.97. The van der Waals surface area contributed by atoms with Crippen LogP contribution in [0.3, 0.4) is 0 Å². The molecule has 2 atom stereocenters. The third-order valence-electron chi connectivity index (χ3n) is 2.91.